The lowest BCUT2D eigenvalue weighted by atomic mass is 9.92. The predicted molar refractivity (Wildman–Crippen MR) is 110 cm³/mol. The maximum atomic E-state index is 12.7. The summed E-state index contributed by atoms with van der Waals surface area (Å²) >= 11 is 1.62. The normalized spacial score (nSPS) is 20.7. The molecule has 1 aromatic carbocycles. The van der Waals surface area contributed by atoms with Crippen LogP contribution in [0.4, 0.5) is 5.13 Å². The van der Waals surface area contributed by atoms with Crippen LogP contribution < -0.4 is 10.6 Å². The lowest BCUT2D eigenvalue weighted by Crippen LogP contribution is -2.31. The molecular formula is C20H26ClN3OS. The van der Waals surface area contributed by atoms with E-state index in [1.54, 1.807) is 11.3 Å². The minimum absolute atomic E-state index is 0. The number of aromatic nitrogens is 1. The number of rotatable bonds is 4. The summed E-state index contributed by atoms with van der Waals surface area (Å²) in [5, 5.41) is 7.24. The molecule has 1 aliphatic carbocycles. The van der Waals surface area contributed by atoms with E-state index in [0.717, 1.165) is 48.7 Å². The van der Waals surface area contributed by atoms with E-state index in [2.05, 4.69) is 36.6 Å². The molecule has 1 spiro atoms. The Morgan fingerprint density at radius 3 is 2.62 bits per heavy atom. The minimum atomic E-state index is 0. The average Bonchev–Trinajstić information content (AvgIpc) is 3.14. The second kappa shape index (κ2) is 7.67. The minimum Gasteiger partial charge on any atom is -0.317 e. The molecule has 0 bridgehead atoms. The number of carbonyl (C=O) groups is 1. The highest BCUT2D eigenvalue weighted by Crippen LogP contribution is 2.58. The van der Waals surface area contributed by atoms with Crippen LogP contribution >= 0.6 is 23.7 Å². The fourth-order valence-electron chi connectivity index (χ4n) is 3.97. The van der Waals surface area contributed by atoms with Crippen molar-refractivity contribution in [1.82, 2.24) is 10.3 Å². The third kappa shape index (κ3) is 3.66. The summed E-state index contributed by atoms with van der Waals surface area (Å²) in [6.07, 6.45) is 3.28. The third-order valence-electron chi connectivity index (χ3n) is 5.56. The number of hydrogen-bond donors (Lipinski definition) is 2. The number of halogens is 1. The third-order valence-corrected chi connectivity index (χ3v) is 6.83. The molecule has 140 valence electrons. The highest BCUT2D eigenvalue weighted by molar-refractivity contribution is 7.16. The smallest absolute Gasteiger partial charge is 0.229 e. The number of nitrogens with one attached hydrogen (secondary N) is 2. The van der Waals surface area contributed by atoms with Crippen LogP contribution in [-0.2, 0) is 4.79 Å². The van der Waals surface area contributed by atoms with E-state index >= 15 is 0 Å². The number of thiazole rings is 1. The van der Waals surface area contributed by atoms with Gasteiger partial charge in [-0.05, 0) is 43.7 Å². The number of nitrogens with zero attached hydrogens (tertiary/aromatic N) is 1. The zero-order valence-electron chi connectivity index (χ0n) is 15.2. The van der Waals surface area contributed by atoms with Crippen LogP contribution in [0.5, 0.6) is 0 Å². The Bertz CT molecular complexity index is 769. The molecule has 2 aliphatic rings. The highest BCUT2D eigenvalue weighted by Gasteiger charge is 2.57. The largest absolute Gasteiger partial charge is 0.317 e. The second-order valence-electron chi connectivity index (χ2n) is 7.61. The average molecular weight is 392 g/mol. The van der Waals surface area contributed by atoms with Crippen LogP contribution in [0.2, 0.25) is 0 Å². The first-order valence-electron chi connectivity index (χ1n) is 9.17. The van der Waals surface area contributed by atoms with Crippen LogP contribution in [0.1, 0.15) is 43.9 Å². The van der Waals surface area contributed by atoms with Crippen LogP contribution in [-0.4, -0.2) is 24.0 Å². The summed E-state index contributed by atoms with van der Waals surface area (Å²) < 4.78 is 0. The van der Waals surface area contributed by atoms with E-state index in [1.165, 1.54) is 4.88 Å². The van der Waals surface area contributed by atoms with Gasteiger partial charge in [0.25, 0.3) is 0 Å². The van der Waals surface area contributed by atoms with Crippen molar-refractivity contribution >= 4 is 34.8 Å². The SMILES string of the molecule is CC(C)c1sc(NC(=O)C2CC23CCNCC3)nc1-c1ccccc1.Cl. The van der Waals surface area contributed by atoms with Crippen molar-refractivity contribution in [2.75, 3.05) is 18.4 Å². The first-order chi connectivity index (χ1) is 12.1. The monoisotopic (exact) mass is 391 g/mol. The summed E-state index contributed by atoms with van der Waals surface area (Å²) in [5.74, 6) is 0.710. The van der Waals surface area contributed by atoms with Gasteiger partial charge in [-0.2, -0.15) is 0 Å². The van der Waals surface area contributed by atoms with Crippen LogP contribution in [0.15, 0.2) is 30.3 Å². The molecule has 0 radical (unpaired) electrons. The van der Waals surface area contributed by atoms with Crippen molar-refractivity contribution < 1.29 is 4.79 Å². The lowest BCUT2D eigenvalue weighted by Gasteiger charge is -2.22. The van der Waals surface area contributed by atoms with Gasteiger partial charge in [-0.1, -0.05) is 44.2 Å². The molecule has 1 saturated heterocycles. The molecule has 1 unspecified atom stereocenters. The summed E-state index contributed by atoms with van der Waals surface area (Å²) in [6, 6.07) is 10.2. The number of anilines is 1. The molecule has 2 N–H and O–H groups in total. The molecule has 1 saturated carbocycles. The zero-order chi connectivity index (χ0) is 17.4. The molecule has 4 nitrogen and oxygen atoms in total. The van der Waals surface area contributed by atoms with E-state index < -0.39 is 0 Å². The van der Waals surface area contributed by atoms with E-state index in [4.69, 9.17) is 4.98 Å². The van der Waals surface area contributed by atoms with E-state index in [9.17, 15) is 4.79 Å². The Morgan fingerprint density at radius 2 is 1.96 bits per heavy atom. The van der Waals surface area contributed by atoms with Crippen LogP contribution in [0.25, 0.3) is 11.3 Å². The second-order valence-corrected chi connectivity index (χ2v) is 8.64. The van der Waals surface area contributed by atoms with Gasteiger partial charge in [-0.15, -0.1) is 23.7 Å². The number of amides is 1. The number of hydrogen-bond acceptors (Lipinski definition) is 4. The van der Waals surface area contributed by atoms with Gasteiger partial charge in [0.05, 0.1) is 5.69 Å². The molecule has 1 aromatic heterocycles. The predicted octanol–water partition coefficient (Wildman–Crippen LogP) is 4.68. The summed E-state index contributed by atoms with van der Waals surface area (Å²) in [7, 11) is 0. The molecule has 4 rings (SSSR count). The number of benzene rings is 1. The zero-order valence-corrected chi connectivity index (χ0v) is 16.9. The Labute approximate surface area is 165 Å². The van der Waals surface area contributed by atoms with E-state index in [0.29, 0.717) is 5.92 Å². The summed E-state index contributed by atoms with van der Waals surface area (Å²) in [4.78, 5) is 18.7. The van der Waals surface area contributed by atoms with Crippen LogP contribution in [0.3, 0.4) is 0 Å². The van der Waals surface area contributed by atoms with Gasteiger partial charge in [-0.3, -0.25) is 4.79 Å². The van der Waals surface area contributed by atoms with Gasteiger partial charge < -0.3 is 10.6 Å². The first-order valence-corrected chi connectivity index (χ1v) is 9.98. The molecule has 2 aromatic rings. The Hall–Kier alpha value is -1.43. The Kier molecular flexibility index (Phi) is 5.70. The molecule has 6 heteroatoms. The topological polar surface area (TPSA) is 54.0 Å². The van der Waals surface area contributed by atoms with Crippen molar-refractivity contribution in [2.24, 2.45) is 11.3 Å². The number of piperidine rings is 1. The first kappa shape index (κ1) is 19.3. The molecule has 1 aliphatic heterocycles. The standard InChI is InChI=1S/C20H25N3OS.ClH/c1-13(2)17-16(14-6-4-3-5-7-14)22-19(25-17)23-18(24)15-12-20(15)8-10-21-11-9-20;/h3-7,13,15,21H,8-12H2,1-2H3,(H,22,23,24);1H. The Morgan fingerprint density at radius 1 is 1.27 bits per heavy atom. The fourth-order valence-corrected chi connectivity index (χ4v) is 4.96. The molecule has 1 amide bonds. The van der Waals surface area contributed by atoms with Gasteiger partial charge in [-0.25, -0.2) is 4.98 Å². The molecule has 2 heterocycles. The number of carbonyl (C=O) groups excluding carboxylic acids is 1. The van der Waals surface area contributed by atoms with Gasteiger partial charge in [0.2, 0.25) is 5.91 Å². The van der Waals surface area contributed by atoms with Crippen molar-refractivity contribution in [1.29, 1.82) is 0 Å². The quantitative estimate of drug-likeness (QED) is 0.795. The maximum absolute atomic E-state index is 12.7. The van der Waals surface area contributed by atoms with Crippen molar-refractivity contribution in [3.05, 3.63) is 35.2 Å². The van der Waals surface area contributed by atoms with Crippen molar-refractivity contribution in [2.45, 2.75) is 39.0 Å². The molecule has 2 fully saturated rings. The van der Waals surface area contributed by atoms with Gasteiger partial charge in [0.15, 0.2) is 5.13 Å². The maximum Gasteiger partial charge on any atom is 0.229 e. The van der Waals surface area contributed by atoms with Crippen molar-refractivity contribution in [3.63, 3.8) is 0 Å². The highest BCUT2D eigenvalue weighted by atomic mass is 35.5. The fraction of sp³-hybridized carbons (Fsp3) is 0.500. The van der Waals surface area contributed by atoms with Gasteiger partial charge >= 0.3 is 0 Å². The summed E-state index contributed by atoms with van der Waals surface area (Å²) in [5.41, 5.74) is 2.38. The van der Waals surface area contributed by atoms with E-state index in [1.807, 2.05) is 18.2 Å². The van der Waals surface area contributed by atoms with Crippen LogP contribution in [0, 0.1) is 11.3 Å². The molecular weight excluding hydrogens is 366 g/mol. The van der Waals surface area contributed by atoms with Crippen molar-refractivity contribution in [3.8, 4) is 11.3 Å². The summed E-state index contributed by atoms with van der Waals surface area (Å²) in [6.45, 7) is 6.43. The van der Waals surface area contributed by atoms with Gasteiger partial charge in [0, 0.05) is 16.4 Å². The van der Waals surface area contributed by atoms with Gasteiger partial charge in [0.1, 0.15) is 0 Å². The molecule has 26 heavy (non-hydrogen) atoms. The Balaban J connectivity index is 0.00000196. The molecule has 1 atom stereocenters. The lowest BCUT2D eigenvalue weighted by molar-refractivity contribution is -0.118. The van der Waals surface area contributed by atoms with E-state index in [-0.39, 0.29) is 29.6 Å².